The minimum absolute atomic E-state index is 0.493. The average molecular weight is 209 g/mol. The number of carboxylic acid groups (broad SMARTS) is 1. The third kappa shape index (κ3) is 2.59. The Morgan fingerprint density at radius 3 is 2.73 bits per heavy atom. The van der Waals surface area contributed by atoms with Crippen LogP contribution in [0.3, 0.4) is 0 Å². The number of rotatable bonds is 3. The van der Waals surface area contributed by atoms with Gasteiger partial charge in [-0.25, -0.2) is 9.78 Å². The second-order valence-electron chi connectivity index (χ2n) is 3.16. The van der Waals surface area contributed by atoms with Gasteiger partial charge in [-0.15, -0.1) is 0 Å². The highest BCUT2D eigenvalue weighted by Gasteiger charge is 2.09. The number of aromatic nitrogens is 1. The van der Waals surface area contributed by atoms with Crippen LogP contribution in [0.25, 0.3) is 0 Å². The predicted octanol–water partition coefficient (Wildman–Crippen LogP) is 2.08. The Balaban J connectivity index is 3.16. The Hall–Kier alpha value is -1.78. The summed E-state index contributed by atoms with van der Waals surface area (Å²) < 4.78 is 0. The van der Waals surface area contributed by atoms with Crippen LogP contribution in [0.2, 0.25) is 0 Å². The van der Waals surface area contributed by atoms with Gasteiger partial charge in [-0.05, 0) is 25.0 Å². The highest BCUT2D eigenvalue weighted by Crippen LogP contribution is 2.22. The maximum atomic E-state index is 10.6. The van der Waals surface area contributed by atoms with Gasteiger partial charge in [-0.1, -0.05) is 6.92 Å². The highest BCUT2D eigenvalue weighted by molar-refractivity contribution is 5.87. The Morgan fingerprint density at radius 1 is 1.60 bits per heavy atom. The van der Waals surface area contributed by atoms with Gasteiger partial charge in [0.25, 0.3) is 0 Å². The molecular formula is C10H15N3O2. The van der Waals surface area contributed by atoms with Gasteiger partial charge in [0.05, 0.1) is 5.69 Å². The van der Waals surface area contributed by atoms with Crippen molar-refractivity contribution < 1.29 is 9.90 Å². The molecule has 82 valence electrons. The van der Waals surface area contributed by atoms with Crippen LogP contribution in [0, 0.1) is 6.92 Å². The Labute approximate surface area is 88.5 Å². The molecule has 0 fully saturated rings. The normalized spacial score (nSPS) is 9.80. The number of nitrogens with one attached hydrogen (secondary N) is 2. The number of amides is 1. The third-order valence-corrected chi connectivity index (χ3v) is 2.18. The van der Waals surface area contributed by atoms with Crippen molar-refractivity contribution in [1.82, 2.24) is 4.98 Å². The predicted molar refractivity (Wildman–Crippen MR) is 59.5 cm³/mol. The molecule has 0 spiro atoms. The third-order valence-electron chi connectivity index (χ3n) is 2.18. The first-order chi connectivity index (χ1) is 7.08. The van der Waals surface area contributed by atoms with Crippen LogP contribution in [0.15, 0.2) is 6.07 Å². The lowest BCUT2D eigenvalue weighted by Gasteiger charge is -2.11. The molecule has 0 saturated carbocycles. The van der Waals surface area contributed by atoms with E-state index in [0.717, 1.165) is 17.7 Å². The van der Waals surface area contributed by atoms with E-state index in [9.17, 15) is 4.79 Å². The smallest absolute Gasteiger partial charge is 0.409 e. The summed E-state index contributed by atoms with van der Waals surface area (Å²) in [5.41, 5.74) is 2.45. The van der Waals surface area contributed by atoms with E-state index in [1.807, 2.05) is 19.9 Å². The van der Waals surface area contributed by atoms with Crippen molar-refractivity contribution in [3.8, 4) is 0 Å². The fraction of sp³-hybridized carbons (Fsp3) is 0.400. The number of aryl methyl sites for hydroxylation is 2. The molecule has 0 aliphatic carbocycles. The van der Waals surface area contributed by atoms with Gasteiger partial charge in [-0.2, -0.15) is 0 Å². The van der Waals surface area contributed by atoms with Crippen LogP contribution < -0.4 is 10.6 Å². The highest BCUT2D eigenvalue weighted by atomic mass is 16.4. The fourth-order valence-corrected chi connectivity index (χ4v) is 1.41. The molecule has 1 aromatic rings. The van der Waals surface area contributed by atoms with Gasteiger partial charge in [0.1, 0.15) is 5.82 Å². The van der Waals surface area contributed by atoms with Crippen molar-refractivity contribution in [3.63, 3.8) is 0 Å². The fourth-order valence-electron chi connectivity index (χ4n) is 1.41. The molecule has 5 heteroatoms. The quantitative estimate of drug-likeness (QED) is 0.712. The van der Waals surface area contributed by atoms with E-state index in [4.69, 9.17) is 5.11 Å². The van der Waals surface area contributed by atoms with Crippen molar-refractivity contribution in [2.75, 3.05) is 17.7 Å². The molecule has 3 N–H and O–H groups in total. The molecule has 0 aliphatic heterocycles. The molecule has 0 atom stereocenters. The Kier molecular flexibility index (Phi) is 3.49. The van der Waals surface area contributed by atoms with E-state index in [-0.39, 0.29) is 0 Å². The number of hydrogen-bond donors (Lipinski definition) is 3. The zero-order chi connectivity index (χ0) is 11.4. The first-order valence-corrected chi connectivity index (χ1v) is 4.76. The molecule has 1 rings (SSSR count). The number of anilines is 2. The van der Waals surface area contributed by atoms with Crippen LogP contribution in [-0.4, -0.2) is 23.2 Å². The first kappa shape index (κ1) is 11.3. The second kappa shape index (κ2) is 4.63. The summed E-state index contributed by atoms with van der Waals surface area (Å²) in [7, 11) is 1.71. The molecule has 0 unspecified atom stereocenters. The van der Waals surface area contributed by atoms with Gasteiger partial charge >= 0.3 is 6.09 Å². The second-order valence-corrected chi connectivity index (χ2v) is 3.16. The summed E-state index contributed by atoms with van der Waals surface area (Å²) in [5, 5.41) is 13.8. The van der Waals surface area contributed by atoms with Gasteiger partial charge < -0.3 is 10.4 Å². The maximum absolute atomic E-state index is 10.6. The number of nitrogens with zero attached hydrogens (tertiary/aromatic N) is 1. The van der Waals surface area contributed by atoms with Crippen LogP contribution in [0.4, 0.5) is 16.3 Å². The SMILES string of the molecule is CCc1cc(NC(=O)O)c(NC)nc1C. The molecule has 1 aromatic heterocycles. The van der Waals surface area contributed by atoms with E-state index in [0.29, 0.717) is 11.5 Å². The summed E-state index contributed by atoms with van der Waals surface area (Å²) in [6.45, 7) is 3.91. The van der Waals surface area contributed by atoms with Crippen molar-refractivity contribution in [2.24, 2.45) is 0 Å². The maximum Gasteiger partial charge on any atom is 0.409 e. The summed E-state index contributed by atoms with van der Waals surface area (Å²) >= 11 is 0. The molecule has 0 saturated heterocycles. The topological polar surface area (TPSA) is 74.2 Å². The number of carbonyl (C=O) groups is 1. The molecule has 1 amide bonds. The minimum atomic E-state index is -1.08. The lowest BCUT2D eigenvalue weighted by molar-refractivity contribution is 0.210. The van der Waals surface area contributed by atoms with Gasteiger partial charge in [0.15, 0.2) is 0 Å². The first-order valence-electron chi connectivity index (χ1n) is 4.76. The average Bonchev–Trinajstić information content (AvgIpc) is 2.19. The van der Waals surface area contributed by atoms with Crippen LogP contribution in [0.5, 0.6) is 0 Å². The number of pyridine rings is 1. The summed E-state index contributed by atoms with van der Waals surface area (Å²) in [5.74, 6) is 0.548. The molecule has 0 bridgehead atoms. The van der Waals surface area contributed by atoms with E-state index in [2.05, 4.69) is 15.6 Å². The van der Waals surface area contributed by atoms with Gasteiger partial charge in [0.2, 0.25) is 0 Å². The largest absolute Gasteiger partial charge is 0.465 e. The van der Waals surface area contributed by atoms with Crippen molar-refractivity contribution in [3.05, 3.63) is 17.3 Å². The Bertz CT molecular complexity index is 377. The molecular weight excluding hydrogens is 194 g/mol. The lowest BCUT2D eigenvalue weighted by Crippen LogP contribution is -2.11. The van der Waals surface area contributed by atoms with Crippen LogP contribution in [-0.2, 0) is 6.42 Å². The minimum Gasteiger partial charge on any atom is -0.465 e. The van der Waals surface area contributed by atoms with E-state index in [1.54, 1.807) is 7.05 Å². The molecule has 0 aliphatic rings. The van der Waals surface area contributed by atoms with E-state index < -0.39 is 6.09 Å². The van der Waals surface area contributed by atoms with Gasteiger partial charge in [0, 0.05) is 12.7 Å². The molecule has 1 heterocycles. The van der Waals surface area contributed by atoms with E-state index in [1.165, 1.54) is 0 Å². The van der Waals surface area contributed by atoms with Crippen LogP contribution in [0.1, 0.15) is 18.2 Å². The number of hydrogen-bond acceptors (Lipinski definition) is 3. The van der Waals surface area contributed by atoms with Crippen molar-refractivity contribution >= 4 is 17.6 Å². The standard InChI is InChI=1S/C10H15N3O2/c1-4-7-5-8(13-10(14)15)9(11-3)12-6(7)2/h5,13H,4H2,1-3H3,(H,11,12)(H,14,15). The van der Waals surface area contributed by atoms with Crippen molar-refractivity contribution in [1.29, 1.82) is 0 Å². The van der Waals surface area contributed by atoms with Gasteiger partial charge in [-0.3, -0.25) is 5.32 Å². The monoisotopic (exact) mass is 209 g/mol. The summed E-state index contributed by atoms with van der Waals surface area (Å²) in [6.07, 6.45) is -0.254. The summed E-state index contributed by atoms with van der Waals surface area (Å²) in [6, 6.07) is 1.81. The molecule has 0 radical (unpaired) electrons. The van der Waals surface area contributed by atoms with Crippen molar-refractivity contribution in [2.45, 2.75) is 20.3 Å². The summed E-state index contributed by atoms with van der Waals surface area (Å²) in [4.78, 5) is 14.8. The molecule has 5 nitrogen and oxygen atoms in total. The van der Waals surface area contributed by atoms with E-state index >= 15 is 0 Å². The zero-order valence-electron chi connectivity index (χ0n) is 9.09. The zero-order valence-corrected chi connectivity index (χ0v) is 9.09. The molecule has 0 aromatic carbocycles. The molecule has 15 heavy (non-hydrogen) atoms. The van der Waals surface area contributed by atoms with Crippen LogP contribution >= 0.6 is 0 Å². The Morgan fingerprint density at radius 2 is 2.27 bits per heavy atom. The lowest BCUT2D eigenvalue weighted by atomic mass is 10.1.